The summed E-state index contributed by atoms with van der Waals surface area (Å²) in [5.74, 6) is 0.783. The van der Waals surface area contributed by atoms with E-state index in [1.807, 2.05) is 11.0 Å². The van der Waals surface area contributed by atoms with Crippen molar-refractivity contribution in [3.8, 4) is 0 Å². The van der Waals surface area contributed by atoms with Crippen LogP contribution in [0.2, 0.25) is 0 Å². The predicted octanol–water partition coefficient (Wildman–Crippen LogP) is 2.56. The van der Waals surface area contributed by atoms with Crippen LogP contribution in [0.3, 0.4) is 0 Å². The molecule has 2 aromatic rings. The molecule has 2 aliphatic heterocycles. The average molecular weight is 439 g/mol. The van der Waals surface area contributed by atoms with Crippen LogP contribution in [-0.4, -0.2) is 68.0 Å². The Morgan fingerprint density at radius 3 is 2.59 bits per heavy atom. The predicted molar refractivity (Wildman–Crippen MR) is 120 cm³/mol. The van der Waals surface area contributed by atoms with E-state index >= 15 is 0 Å². The molecule has 8 heteroatoms. The highest BCUT2D eigenvalue weighted by atomic mass is 16.2. The number of carbonyl (C=O) groups is 2. The number of benzene rings is 1. The van der Waals surface area contributed by atoms with Crippen LogP contribution < -0.4 is 0 Å². The van der Waals surface area contributed by atoms with E-state index in [0.717, 1.165) is 64.7 Å². The number of hydrogen-bond donors (Lipinski definition) is 0. The van der Waals surface area contributed by atoms with Crippen LogP contribution in [0.1, 0.15) is 51.0 Å². The van der Waals surface area contributed by atoms with Crippen molar-refractivity contribution in [1.82, 2.24) is 30.0 Å². The van der Waals surface area contributed by atoms with Gasteiger partial charge in [0, 0.05) is 38.0 Å². The van der Waals surface area contributed by atoms with Crippen LogP contribution in [0.15, 0.2) is 36.7 Å². The first-order chi connectivity index (χ1) is 15.6. The number of rotatable bonds is 7. The lowest BCUT2D eigenvalue weighted by Gasteiger charge is -2.43. The van der Waals surface area contributed by atoms with Gasteiger partial charge in [0.2, 0.25) is 11.8 Å². The smallest absolute Gasteiger partial charge is 0.228 e. The van der Waals surface area contributed by atoms with E-state index in [1.165, 1.54) is 11.9 Å². The van der Waals surface area contributed by atoms with Gasteiger partial charge in [-0.3, -0.25) is 9.59 Å². The summed E-state index contributed by atoms with van der Waals surface area (Å²) in [6.45, 7) is 5.77. The molecule has 2 fully saturated rings. The first-order valence-corrected chi connectivity index (χ1v) is 11.9. The molecule has 172 valence electrons. The normalized spacial score (nSPS) is 22.7. The zero-order chi connectivity index (χ0) is 22.4. The van der Waals surface area contributed by atoms with Crippen LogP contribution >= 0.6 is 0 Å². The van der Waals surface area contributed by atoms with E-state index in [0.29, 0.717) is 24.8 Å². The Morgan fingerprint density at radius 2 is 1.88 bits per heavy atom. The van der Waals surface area contributed by atoms with Crippen molar-refractivity contribution in [2.24, 2.45) is 11.3 Å². The zero-order valence-electron chi connectivity index (χ0n) is 19.0. The molecule has 2 aliphatic rings. The molecule has 3 heterocycles. The number of carbonyl (C=O) groups excluding carboxylic acids is 2. The Kier molecular flexibility index (Phi) is 7.17. The molecule has 0 radical (unpaired) electrons. The molecule has 1 aromatic heterocycles. The summed E-state index contributed by atoms with van der Waals surface area (Å²) in [6.07, 6.45) is 7.74. The van der Waals surface area contributed by atoms with Gasteiger partial charge in [-0.25, -0.2) is 4.68 Å². The molecule has 1 unspecified atom stereocenters. The standard InChI is InChI=1S/C24H34N6O2/c1-24(13-5-6-14-29(23(24)32)15-9-20-7-3-2-4-8-20)21-10-16-28(17-11-21)22(31)12-18-30-19-25-26-27-30/h2-4,7-8,19,21H,5-6,9-18H2,1H3. The number of aromatic nitrogens is 4. The molecule has 2 saturated heterocycles. The molecule has 1 atom stereocenters. The van der Waals surface area contributed by atoms with Crippen LogP contribution in [-0.2, 0) is 22.6 Å². The van der Waals surface area contributed by atoms with E-state index in [-0.39, 0.29) is 11.3 Å². The number of likely N-dealkylation sites (tertiary alicyclic amines) is 2. The molecule has 1 aromatic carbocycles. The van der Waals surface area contributed by atoms with Gasteiger partial charge < -0.3 is 9.80 Å². The Bertz CT molecular complexity index is 879. The summed E-state index contributed by atoms with van der Waals surface area (Å²) >= 11 is 0. The minimum atomic E-state index is -0.325. The van der Waals surface area contributed by atoms with Crippen LogP contribution in [0.25, 0.3) is 0 Å². The molecule has 2 amide bonds. The number of hydrogen-bond acceptors (Lipinski definition) is 5. The van der Waals surface area contributed by atoms with Gasteiger partial charge in [0.1, 0.15) is 6.33 Å². The van der Waals surface area contributed by atoms with Gasteiger partial charge in [-0.2, -0.15) is 0 Å². The largest absolute Gasteiger partial charge is 0.343 e. The lowest BCUT2D eigenvalue weighted by atomic mass is 9.69. The third kappa shape index (κ3) is 5.16. The Hall–Kier alpha value is -2.77. The molecule has 4 rings (SSSR count). The van der Waals surface area contributed by atoms with Gasteiger partial charge in [0.05, 0.1) is 6.54 Å². The highest BCUT2D eigenvalue weighted by Crippen LogP contribution is 2.42. The molecular formula is C24H34N6O2. The molecule has 0 bridgehead atoms. The Labute approximate surface area is 190 Å². The van der Waals surface area contributed by atoms with Crippen molar-refractivity contribution in [3.05, 3.63) is 42.2 Å². The third-order valence-electron chi connectivity index (χ3n) is 7.36. The first kappa shape index (κ1) is 22.4. The maximum Gasteiger partial charge on any atom is 0.228 e. The second-order valence-electron chi connectivity index (χ2n) is 9.38. The highest BCUT2D eigenvalue weighted by molar-refractivity contribution is 5.83. The summed E-state index contributed by atoms with van der Waals surface area (Å²) in [4.78, 5) is 30.3. The molecular weight excluding hydrogens is 404 g/mol. The third-order valence-corrected chi connectivity index (χ3v) is 7.36. The van der Waals surface area contributed by atoms with E-state index in [2.05, 4.69) is 51.6 Å². The fourth-order valence-electron chi connectivity index (χ4n) is 5.28. The van der Waals surface area contributed by atoms with Crippen LogP contribution in [0.4, 0.5) is 0 Å². The van der Waals surface area contributed by atoms with E-state index in [9.17, 15) is 9.59 Å². The number of amides is 2. The minimum Gasteiger partial charge on any atom is -0.343 e. The van der Waals surface area contributed by atoms with Gasteiger partial charge >= 0.3 is 0 Å². The maximum absolute atomic E-state index is 13.7. The summed E-state index contributed by atoms with van der Waals surface area (Å²) < 4.78 is 1.58. The molecule has 0 saturated carbocycles. The summed E-state index contributed by atoms with van der Waals surface area (Å²) in [6, 6.07) is 10.4. The molecule has 8 nitrogen and oxygen atoms in total. The number of aryl methyl sites for hydroxylation is 1. The monoisotopic (exact) mass is 438 g/mol. The molecule has 0 N–H and O–H groups in total. The zero-order valence-corrected chi connectivity index (χ0v) is 19.0. The Morgan fingerprint density at radius 1 is 1.09 bits per heavy atom. The van der Waals surface area contributed by atoms with Gasteiger partial charge in [0.15, 0.2) is 0 Å². The molecule has 0 aliphatic carbocycles. The van der Waals surface area contributed by atoms with E-state index in [1.54, 1.807) is 4.68 Å². The second-order valence-corrected chi connectivity index (χ2v) is 9.38. The quantitative estimate of drug-likeness (QED) is 0.663. The molecule has 0 spiro atoms. The molecule has 32 heavy (non-hydrogen) atoms. The topological polar surface area (TPSA) is 84.2 Å². The van der Waals surface area contributed by atoms with Crippen molar-refractivity contribution in [1.29, 1.82) is 0 Å². The van der Waals surface area contributed by atoms with Crippen molar-refractivity contribution < 1.29 is 9.59 Å². The van der Waals surface area contributed by atoms with Gasteiger partial charge in [0.25, 0.3) is 0 Å². The number of tetrazole rings is 1. The fourth-order valence-corrected chi connectivity index (χ4v) is 5.28. The summed E-state index contributed by atoms with van der Waals surface area (Å²) in [5, 5.41) is 11.0. The SMILES string of the molecule is CC1(C2CCN(C(=O)CCn3cnnn3)CC2)CCCCN(CCc2ccccc2)C1=O. The van der Waals surface area contributed by atoms with Gasteiger partial charge in [-0.05, 0) is 54.0 Å². The van der Waals surface area contributed by atoms with Crippen molar-refractivity contribution in [2.45, 2.75) is 58.4 Å². The first-order valence-electron chi connectivity index (χ1n) is 11.9. The van der Waals surface area contributed by atoms with Gasteiger partial charge in [-0.15, -0.1) is 5.10 Å². The number of piperidine rings is 1. The Balaban J connectivity index is 1.32. The van der Waals surface area contributed by atoms with Crippen LogP contribution in [0.5, 0.6) is 0 Å². The highest BCUT2D eigenvalue weighted by Gasteiger charge is 2.45. The lowest BCUT2D eigenvalue weighted by Crippen LogP contribution is -2.49. The minimum absolute atomic E-state index is 0.140. The van der Waals surface area contributed by atoms with Crippen molar-refractivity contribution in [2.75, 3.05) is 26.2 Å². The average Bonchev–Trinajstić information content (AvgIpc) is 3.31. The maximum atomic E-state index is 13.7. The number of nitrogens with zero attached hydrogens (tertiary/aromatic N) is 6. The summed E-state index contributed by atoms with van der Waals surface area (Å²) in [7, 11) is 0. The van der Waals surface area contributed by atoms with Crippen molar-refractivity contribution >= 4 is 11.8 Å². The van der Waals surface area contributed by atoms with Crippen molar-refractivity contribution in [3.63, 3.8) is 0 Å². The lowest BCUT2D eigenvalue weighted by molar-refractivity contribution is -0.145. The van der Waals surface area contributed by atoms with E-state index in [4.69, 9.17) is 0 Å². The summed E-state index contributed by atoms with van der Waals surface area (Å²) in [5.41, 5.74) is 0.953. The fraction of sp³-hybridized carbons (Fsp3) is 0.625. The second kappa shape index (κ2) is 10.2. The van der Waals surface area contributed by atoms with Crippen LogP contribution in [0, 0.1) is 11.3 Å². The van der Waals surface area contributed by atoms with E-state index < -0.39 is 0 Å². The van der Waals surface area contributed by atoms with Gasteiger partial charge in [-0.1, -0.05) is 43.7 Å².